The lowest BCUT2D eigenvalue weighted by molar-refractivity contribution is -0.00336. The molecule has 6 nitrogen and oxygen atoms in total. The molecule has 0 bridgehead atoms. The molecule has 0 aromatic carbocycles. The van der Waals surface area contributed by atoms with E-state index in [4.69, 9.17) is 14.6 Å². The number of ether oxygens (including phenoxy) is 2. The number of hydrogen-bond donors (Lipinski definition) is 2. The largest absolute Gasteiger partial charge is 0.486 e. The van der Waals surface area contributed by atoms with E-state index in [2.05, 4.69) is 17.9 Å². The van der Waals surface area contributed by atoms with Crippen LogP contribution in [0.15, 0.2) is 49.0 Å². The summed E-state index contributed by atoms with van der Waals surface area (Å²) in [5, 5.41) is 4.83. The molecular formula is C11H16N2O4S. The molecule has 0 aromatic rings. The first-order valence-corrected chi connectivity index (χ1v) is 6.73. The fourth-order valence-electron chi connectivity index (χ4n) is 1.30. The Morgan fingerprint density at radius 1 is 1.33 bits per heavy atom. The van der Waals surface area contributed by atoms with Crippen molar-refractivity contribution in [2.75, 3.05) is 13.2 Å². The number of nitrogens with two attached hydrogens (primary N) is 1. The van der Waals surface area contributed by atoms with Gasteiger partial charge >= 0.3 is 0 Å². The highest BCUT2D eigenvalue weighted by atomic mass is 32.2. The summed E-state index contributed by atoms with van der Waals surface area (Å²) in [6.45, 7) is 7.38. The van der Waals surface area contributed by atoms with Gasteiger partial charge in [-0.25, -0.2) is 5.14 Å². The minimum Gasteiger partial charge on any atom is -0.486 e. The molecule has 1 aliphatic rings. The van der Waals surface area contributed by atoms with Crippen LogP contribution in [0.5, 0.6) is 0 Å². The topological polar surface area (TPSA) is 90.6 Å². The Balaban J connectivity index is 2.69. The molecule has 1 heterocycles. The maximum atomic E-state index is 10.8. The standard InChI is InChI=1S/C11H16N2O4S/c1-3-5-10-11(6-4-2)17-9(8-16-10)7-13-18(12,14)15/h3-6,9,13H,1-2,7-8H2,(H2,12,14,15)/b10-5+,11-6+/t9-/m0/s1. The van der Waals surface area contributed by atoms with Crippen LogP contribution in [0.1, 0.15) is 0 Å². The molecule has 0 radical (unpaired) electrons. The smallest absolute Gasteiger partial charge is 0.274 e. The van der Waals surface area contributed by atoms with Crippen molar-refractivity contribution in [2.24, 2.45) is 5.14 Å². The predicted octanol–water partition coefficient (Wildman–Crippen LogP) is 0.335. The van der Waals surface area contributed by atoms with Gasteiger partial charge in [0.1, 0.15) is 12.7 Å². The molecule has 0 aromatic heterocycles. The second-order valence-corrected chi connectivity index (χ2v) is 4.86. The highest BCUT2D eigenvalue weighted by molar-refractivity contribution is 7.87. The van der Waals surface area contributed by atoms with E-state index in [9.17, 15) is 8.42 Å². The number of rotatable bonds is 5. The third-order valence-corrected chi connectivity index (χ3v) is 2.58. The van der Waals surface area contributed by atoms with Crippen LogP contribution in [-0.2, 0) is 19.7 Å². The van der Waals surface area contributed by atoms with Crippen LogP contribution in [0.2, 0.25) is 0 Å². The third-order valence-electron chi connectivity index (χ3n) is 2.01. The van der Waals surface area contributed by atoms with Gasteiger partial charge in [0.25, 0.3) is 10.2 Å². The molecule has 1 rings (SSSR count). The molecule has 1 saturated heterocycles. The quantitative estimate of drug-likeness (QED) is 0.755. The van der Waals surface area contributed by atoms with Gasteiger partial charge in [0.2, 0.25) is 0 Å². The minimum absolute atomic E-state index is 0.0364. The summed E-state index contributed by atoms with van der Waals surface area (Å²) in [4.78, 5) is 0. The van der Waals surface area contributed by atoms with E-state index in [1.54, 1.807) is 24.3 Å². The maximum Gasteiger partial charge on any atom is 0.274 e. The van der Waals surface area contributed by atoms with E-state index in [0.29, 0.717) is 11.5 Å². The first-order valence-electron chi connectivity index (χ1n) is 5.19. The molecule has 0 saturated carbocycles. The Kier molecular flexibility index (Phi) is 5.14. The fraction of sp³-hybridized carbons (Fsp3) is 0.273. The van der Waals surface area contributed by atoms with E-state index < -0.39 is 16.3 Å². The predicted molar refractivity (Wildman–Crippen MR) is 68.5 cm³/mol. The molecule has 1 aliphatic heterocycles. The van der Waals surface area contributed by atoms with Gasteiger partial charge in [0, 0.05) is 0 Å². The number of nitrogens with one attached hydrogen (secondary N) is 1. The highest BCUT2D eigenvalue weighted by Crippen LogP contribution is 2.21. The van der Waals surface area contributed by atoms with E-state index in [1.165, 1.54) is 0 Å². The van der Waals surface area contributed by atoms with Gasteiger partial charge < -0.3 is 9.47 Å². The first kappa shape index (κ1) is 14.5. The summed E-state index contributed by atoms with van der Waals surface area (Å²) in [7, 11) is -3.73. The van der Waals surface area contributed by atoms with E-state index >= 15 is 0 Å². The monoisotopic (exact) mass is 272 g/mol. The maximum absolute atomic E-state index is 10.8. The molecular weight excluding hydrogens is 256 g/mol. The van der Waals surface area contributed by atoms with Crippen molar-refractivity contribution in [3.05, 3.63) is 49.0 Å². The zero-order chi connectivity index (χ0) is 13.6. The van der Waals surface area contributed by atoms with Crippen LogP contribution in [0.25, 0.3) is 0 Å². The highest BCUT2D eigenvalue weighted by Gasteiger charge is 2.23. The Morgan fingerprint density at radius 2 is 1.94 bits per heavy atom. The lowest BCUT2D eigenvalue weighted by Gasteiger charge is -2.28. The molecule has 18 heavy (non-hydrogen) atoms. The third kappa shape index (κ3) is 4.74. The van der Waals surface area contributed by atoms with Gasteiger partial charge in [0.15, 0.2) is 11.5 Å². The summed E-state index contributed by atoms with van der Waals surface area (Å²) in [5.41, 5.74) is 0. The zero-order valence-corrected chi connectivity index (χ0v) is 10.7. The summed E-state index contributed by atoms with van der Waals surface area (Å²) < 4.78 is 34.7. The van der Waals surface area contributed by atoms with Crippen molar-refractivity contribution < 1.29 is 17.9 Å². The average Bonchev–Trinajstić information content (AvgIpc) is 2.29. The van der Waals surface area contributed by atoms with Crippen molar-refractivity contribution in [1.29, 1.82) is 0 Å². The van der Waals surface area contributed by atoms with Gasteiger partial charge in [-0.3, -0.25) is 0 Å². The van der Waals surface area contributed by atoms with Crippen LogP contribution in [0.4, 0.5) is 0 Å². The van der Waals surface area contributed by atoms with E-state index in [-0.39, 0.29) is 13.2 Å². The second-order valence-electron chi connectivity index (χ2n) is 3.48. The van der Waals surface area contributed by atoms with Crippen molar-refractivity contribution >= 4 is 10.2 Å². The van der Waals surface area contributed by atoms with Gasteiger partial charge in [-0.05, 0) is 12.2 Å². The molecule has 0 amide bonds. The lowest BCUT2D eigenvalue weighted by atomic mass is 10.2. The number of hydrogen-bond acceptors (Lipinski definition) is 4. The lowest BCUT2D eigenvalue weighted by Crippen LogP contribution is -2.41. The van der Waals surface area contributed by atoms with Crippen LogP contribution in [0, 0.1) is 0 Å². The zero-order valence-electron chi connectivity index (χ0n) is 9.83. The second kappa shape index (κ2) is 6.39. The molecule has 0 spiro atoms. The molecule has 0 unspecified atom stereocenters. The van der Waals surface area contributed by atoms with Gasteiger partial charge in [-0.15, -0.1) is 0 Å². The van der Waals surface area contributed by atoms with Crippen molar-refractivity contribution in [3.8, 4) is 0 Å². The van der Waals surface area contributed by atoms with Crippen LogP contribution < -0.4 is 9.86 Å². The fourth-order valence-corrected chi connectivity index (χ4v) is 1.72. The van der Waals surface area contributed by atoms with Crippen LogP contribution in [0.3, 0.4) is 0 Å². The Labute approximate surface area is 107 Å². The summed E-state index contributed by atoms with van der Waals surface area (Å²) in [5.74, 6) is 0.995. The average molecular weight is 272 g/mol. The molecule has 1 fully saturated rings. The SMILES string of the molecule is C=C/C=C1/OC[C@H](CNS(N)(=O)=O)O/C1=C/C=C. The van der Waals surface area contributed by atoms with E-state index in [0.717, 1.165) is 0 Å². The molecule has 3 N–H and O–H groups in total. The van der Waals surface area contributed by atoms with E-state index in [1.807, 2.05) is 0 Å². The van der Waals surface area contributed by atoms with Gasteiger partial charge in [0.05, 0.1) is 6.54 Å². The molecule has 7 heteroatoms. The molecule has 0 aliphatic carbocycles. The van der Waals surface area contributed by atoms with Crippen molar-refractivity contribution in [2.45, 2.75) is 6.10 Å². The van der Waals surface area contributed by atoms with Gasteiger partial charge in [-0.2, -0.15) is 13.1 Å². The van der Waals surface area contributed by atoms with Crippen molar-refractivity contribution in [3.63, 3.8) is 0 Å². The molecule has 1 atom stereocenters. The minimum atomic E-state index is -3.73. The Hall–Kier alpha value is -1.57. The normalized spacial score (nSPS) is 24.4. The number of allylic oxidation sites excluding steroid dienone is 4. The van der Waals surface area contributed by atoms with Crippen LogP contribution >= 0.6 is 0 Å². The Bertz CT molecular complexity index is 479. The summed E-state index contributed by atoms with van der Waals surface area (Å²) in [6, 6.07) is 0. The summed E-state index contributed by atoms with van der Waals surface area (Å²) >= 11 is 0. The van der Waals surface area contributed by atoms with Crippen LogP contribution in [-0.4, -0.2) is 27.7 Å². The van der Waals surface area contributed by atoms with Crippen molar-refractivity contribution in [1.82, 2.24) is 4.72 Å². The summed E-state index contributed by atoms with van der Waals surface area (Å²) in [6.07, 6.45) is 5.94. The first-order chi connectivity index (χ1) is 8.46. The molecule has 100 valence electrons. The van der Waals surface area contributed by atoms with Gasteiger partial charge in [-0.1, -0.05) is 25.3 Å². The Morgan fingerprint density at radius 3 is 2.50 bits per heavy atom.